The number of thiophene rings is 1. The molecule has 0 saturated carbocycles. The molecular weight excluding hydrogens is 459 g/mol. The number of carbonyl (C=O) groups excluding carboxylic acids is 1. The molecule has 0 spiro atoms. The summed E-state index contributed by atoms with van der Waals surface area (Å²) in [5, 5.41) is 12.1. The van der Waals surface area contributed by atoms with Crippen LogP contribution in [0.5, 0.6) is 0 Å². The Morgan fingerprint density at radius 1 is 1.23 bits per heavy atom. The molecule has 0 bridgehead atoms. The third kappa shape index (κ3) is 9.54. The van der Waals surface area contributed by atoms with Gasteiger partial charge in [-0.2, -0.15) is 17.5 Å². The number of carboxylic acids is 1. The van der Waals surface area contributed by atoms with E-state index < -0.39 is 22.2 Å². The Morgan fingerprint density at radius 2 is 1.84 bits per heavy atom. The molecule has 8 nitrogen and oxygen atoms in total. The first-order chi connectivity index (χ1) is 14.5. The highest BCUT2D eigenvalue weighted by atomic mass is 32.2. The van der Waals surface area contributed by atoms with E-state index >= 15 is 0 Å². The molecule has 2 N–H and O–H groups in total. The average molecular weight is 488 g/mol. The van der Waals surface area contributed by atoms with Crippen molar-refractivity contribution in [3.8, 4) is 0 Å². The van der Waals surface area contributed by atoms with Crippen molar-refractivity contribution in [2.24, 2.45) is 0 Å². The molecule has 31 heavy (non-hydrogen) atoms. The second kappa shape index (κ2) is 13.0. The minimum absolute atomic E-state index is 0.0402. The van der Waals surface area contributed by atoms with Crippen molar-refractivity contribution < 1.29 is 36.3 Å². The maximum atomic E-state index is 12.8. The van der Waals surface area contributed by atoms with Crippen LogP contribution in [0.3, 0.4) is 0 Å². The van der Waals surface area contributed by atoms with Crippen LogP contribution in [0, 0.1) is 0 Å². The molecule has 178 valence electrons. The van der Waals surface area contributed by atoms with Crippen molar-refractivity contribution in [1.82, 2.24) is 14.5 Å². The highest BCUT2D eigenvalue weighted by Gasteiger charge is 2.38. The number of piperazine rings is 1. The molecule has 2 heterocycles. The molecule has 0 aromatic carbocycles. The predicted molar refractivity (Wildman–Crippen MR) is 110 cm³/mol. The van der Waals surface area contributed by atoms with Gasteiger partial charge in [0.15, 0.2) is 0 Å². The number of rotatable bonds is 9. The maximum Gasteiger partial charge on any atom is 0.490 e. The molecule has 1 aromatic rings. The third-order valence-electron chi connectivity index (χ3n) is 4.39. The van der Waals surface area contributed by atoms with Crippen LogP contribution in [0.25, 0.3) is 0 Å². The maximum absolute atomic E-state index is 12.8. The summed E-state index contributed by atoms with van der Waals surface area (Å²) >= 11 is 1.23. The monoisotopic (exact) mass is 487 g/mol. The van der Waals surface area contributed by atoms with E-state index in [2.05, 4.69) is 12.2 Å². The molecule has 1 aromatic heterocycles. The molecule has 0 atom stereocenters. The lowest BCUT2D eigenvalue weighted by Gasteiger charge is -2.28. The van der Waals surface area contributed by atoms with Crippen molar-refractivity contribution in [1.29, 1.82) is 0 Å². The topological polar surface area (TPSA) is 107 Å². The number of carboxylic acid groups (broad SMARTS) is 1. The molecule has 0 radical (unpaired) electrons. The highest BCUT2D eigenvalue weighted by Crippen LogP contribution is 2.22. The fourth-order valence-corrected chi connectivity index (χ4v) is 5.34. The molecule has 1 amide bonds. The van der Waals surface area contributed by atoms with Gasteiger partial charge in [0.25, 0.3) is 10.0 Å². The molecule has 1 fully saturated rings. The van der Waals surface area contributed by atoms with Crippen LogP contribution in [0.2, 0.25) is 0 Å². The minimum Gasteiger partial charge on any atom is -0.475 e. The zero-order valence-electron chi connectivity index (χ0n) is 17.2. The Hall–Kier alpha value is -1.70. The summed E-state index contributed by atoms with van der Waals surface area (Å²) in [5.41, 5.74) is 0. The molecular formula is C18H28F3N3O5S2. The summed E-state index contributed by atoms with van der Waals surface area (Å²) in [6.07, 6.45) is -1.99. The number of aliphatic carboxylic acids is 1. The Morgan fingerprint density at radius 3 is 2.32 bits per heavy atom. The number of halogens is 3. The zero-order chi connectivity index (χ0) is 23.5. The fourth-order valence-electron chi connectivity index (χ4n) is 2.72. The lowest BCUT2D eigenvalue weighted by atomic mass is 10.2. The normalized spacial score (nSPS) is 14.8. The number of carbonyl (C=O) groups is 2. The van der Waals surface area contributed by atoms with E-state index in [-0.39, 0.29) is 18.9 Å². The SMILES string of the molecule is CCCCCN(CCC(=O)N1CCNCC1)S(=O)(=O)c1cccs1.O=C(O)C(F)(F)F. The predicted octanol–water partition coefficient (Wildman–Crippen LogP) is 2.38. The summed E-state index contributed by atoms with van der Waals surface area (Å²) < 4.78 is 59.1. The third-order valence-corrected chi connectivity index (χ3v) is 7.66. The van der Waals surface area contributed by atoms with Gasteiger partial charge in [-0.15, -0.1) is 11.3 Å². The Labute approximate surface area is 184 Å². The largest absolute Gasteiger partial charge is 0.490 e. The zero-order valence-corrected chi connectivity index (χ0v) is 18.9. The molecule has 13 heteroatoms. The number of unbranched alkanes of at least 4 members (excludes halogenated alkanes) is 2. The molecule has 0 aliphatic carbocycles. The van der Waals surface area contributed by atoms with Gasteiger partial charge >= 0.3 is 12.1 Å². The quantitative estimate of drug-likeness (QED) is 0.518. The van der Waals surface area contributed by atoms with Crippen LogP contribution in [0.4, 0.5) is 13.2 Å². The van der Waals surface area contributed by atoms with E-state index in [1.165, 1.54) is 15.6 Å². The van der Waals surface area contributed by atoms with E-state index in [0.717, 1.165) is 32.4 Å². The van der Waals surface area contributed by atoms with Crippen molar-refractivity contribution in [3.63, 3.8) is 0 Å². The summed E-state index contributed by atoms with van der Waals surface area (Å²) in [7, 11) is -3.50. The van der Waals surface area contributed by atoms with Crippen LogP contribution in [-0.4, -0.2) is 80.1 Å². The van der Waals surface area contributed by atoms with E-state index in [0.29, 0.717) is 23.8 Å². The second-order valence-electron chi connectivity index (χ2n) is 6.73. The van der Waals surface area contributed by atoms with E-state index in [9.17, 15) is 26.4 Å². The van der Waals surface area contributed by atoms with Crippen molar-refractivity contribution in [3.05, 3.63) is 17.5 Å². The van der Waals surface area contributed by atoms with Gasteiger partial charge in [-0.05, 0) is 17.9 Å². The van der Waals surface area contributed by atoms with Gasteiger partial charge in [0.1, 0.15) is 4.21 Å². The van der Waals surface area contributed by atoms with Crippen molar-refractivity contribution in [2.75, 3.05) is 39.3 Å². The lowest BCUT2D eigenvalue weighted by molar-refractivity contribution is -0.192. The van der Waals surface area contributed by atoms with E-state index in [1.807, 2.05) is 4.90 Å². The van der Waals surface area contributed by atoms with Crippen molar-refractivity contribution >= 4 is 33.2 Å². The van der Waals surface area contributed by atoms with Crippen LogP contribution in [0.15, 0.2) is 21.7 Å². The average Bonchev–Trinajstić information content (AvgIpc) is 3.26. The first-order valence-electron chi connectivity index (χ1n) is 9.82. The molecule has 1 saturated heterocycles. The van der Waals surface area contributed by atoms with Crippen molar-refractivity contribution in [2.45, 2.75) is 43.0 Å². The van der Waals surface area contributed by atoms with Crippen LogP contribution in [0.1, 0.15) is 32.6 Å². The second-order valence-corrected chi connectivity index (χ2v) is 9.84. The molecule has 1 aliphatic heterocycles. The van der Waals surface area contributed by atoms with Gasteiger partial charge in [-0.1, -0.05) is 25.8 Å². The molecule has 2 rings (SSSR count). The number of hydrogen-bond acceptors (Lipinski definition) is 6. The van der Waals surface area contributed by atoms with Gasteiger partial charge in [-0.3, -0.25) is 4.79 Å². The van der Waals surface area contributed by atoms with Gasteiger partial charge in [0.05, 0.1) is 0 Å². The number of alkyl halides is 3. The Bertz CT molecular complexity index is 780. The van der Waals surface area contributed by atoms with Crippen LogP contribution >= 0.6 is 11.3 Å². The van der Waals surface area contributed by atoms with Crippen LogP contribution in [-0.2, 0) is 19.6 Å². The number of amides is 1. The van der Waals surface area contributed by atoms with Gasteiger partial charge < -0.3 is 15.3 Å². The summed E-state index contributed by atoms with van der Waals surface area (Å²) in [5.74, 6) is -2.72. The van der Waals surface area contributed by atoms with Gasteiger partial charge in [-0.25, -0.2) is 13.2 Å². The number of sulfonamides is 1. The Kier molecular flexibility index (Phi) is 11.5. The first-order valence-corrected chi connectivity index (χ1v) is 12.1. The first kappa shape index (κ1) is 27.3. The summed E-state index contributed by atoms with van der Waals surface area (Å²) in [4.78, 5) is 23.0. The van der Waals surface area contributed by atoms with E-state index in [4.69, 9.17) is 9.90 Å². The van der Waals surface area contributed by atoms with Crippen LogP contribution < -0.4 is 5.32 Å². The number of nitrogens with one attached hydrogen (secondary N) is 1. The Balaban J connectivity index is 0.000000592. The number of nitrogens with zero attached hydrogens (tertiary/aromatic N) is 2. The molecule has 1 aliphatic rings. The number of hydrogen-bond donors (Lipinski definition) is 2. The highest BCUT2D eigenvalue weighted by molar-refractivity contribution is 7.91. The minimum atomic E-state index is -5.08. The summed E-state index contributed by atoms with van der Waals surface area (Å²) in [6.45, 7) is 5.83. The fraction of sp³-hybridized carbons (Fsp3) is 0.667. The van der Waals surface area contributed by atoms with E-state index in [1.54, 1.807) is 17.5 Å². The summed E-state index contributed by atoms with van der Waals surface area (Å²) in [6, 6.07) is 3.37. The lowest BCUT2D eigenvalue weighted by Crippen LogP contribution is -2.47. The molecule has 0 unspecified atom stereocenters. The standard InChI is InChI=1S/C16H27N3O3S2.C2HF3O2/c1-2-3-4-10-19(24(21,22)16-6-5-14-23-16)11-7-15(20)18-12-8-17-9-13-18;3-2(4,5)1(6)7/h5-6,14,17H,2-4,7-13H2,1H3;(H,6,7). The van der Waals surface area contributed by atoms with Gasteiger partial charge in [0.2, 0.25) is 5.91 Å². The smallest absolute Gasteiger partial charge is 0.475 e. The van der Waals surface area contributed by atoms with Gasteiger partial charge in [0, 0.05) is 45.7 Å².